The van der Waals surface area contributed by atoms with Crippen LogP contribution in [0.2, 0.25) is 0 Å². The minimum Gasteiger partial charge on any atom is -0.324 e. The van der Waals surface area contributed by atoms with Crippen molar-refractivity contribution in [2.75, 3.05) is 0 Å². The molecule has 1 fully saturated rings. The zero-order chi connectivity index (χ0) is 22.2. The fourth-order valence-electron chi connectivity index (χ4n) is 4.22. The Morgan fingerprint density at radius 2 is 1.72 bits per heavy atom. The number of aryl methyl sites for hydroxylation is 1. The Morgan fingerprint density at radius 3 is 2.38 bits per heavy atom. The molecule has 0 unspecified atom stereocenters. The molecule has 0 spiro atoms. The maximum atomic E-state index is 13.6. The topological polar surface area (TPSA) is 61.8 Å². The molecule has 0 amide bonds. The first kappa shape index (κ1) is 20.5. The molecule has 0 saturated heterocycles. The highest BCUT2D eigenvalue weighted by molar-refractivity contribution is 5.72. The molecule has 5 rings (SSSR count). The van der Waals surface area contributed by atoms with Gasteiger partial charge in [-0.15, -0.1) is 0 Å². The van der Waals surface area contributed by atoms with E-state index in [1.165, 1.54) is 23.0 Å². The first-order valence-corrected chi connectivity index (χ1v) is 11.4. The third kappa shape index (κ3) is 3.81. The predicted octanol–water partition coefficient (Wildman–Crippen LogP) is 4.13. The molecule has 0 N–H and O–H groups in total. The lowest BCUT2D eigenvalue weighted by atomic mass is 10.0. The van der Waals surface area contributed by atoms with Gasteiger partial charge in [-0.25, -0.2) is 14.3 Å². The van der Waals surface area contributed by atoms with E-state index in [-0.39, 0.29) is 11.2 Å². The molecular weight excluding hydrogens is 400 g/mol. The number of hydrogen-bond donors (Lipinski definition) is 0. The van der Waals surface area contributed by atoms with Gasteiger partial charge in [0, 0.05) is 13.1 Å². The van der Waals surface area contributed by atoms with E-state index in [0.717, 1.165) is 17.8 Å². The van der Waals surface area contributed by atoms with Crippen LogP contribution in [0.3, 0.4) is 0 Å². The van der Waals surface area contributed by atoms with Gasteiger partial charge in [0.25, 0.3) is 5.56 Å². The van der Waals surface area contributed by atoms with Crippen molar-refractivity contribution in [2.24, 2.45) is 5.92 Å². The van der Waals surface area contributed by atoms with Crippen LogP contribution in [0.5, 0.6) is 0 Å². The van der Waals surface area contributed by atoms with Crippen molar-refractivity contribution in [3.05, 3.63) is 92.9 Å². The summed E-state index contributed by atoms with van der Waals surface area (Å²) in [4.78, 5) is 31.6. The number of hydrogen-bond acceptors (Lipinski definition) is 3. The Kier molecular flexibility index (Phi) is 5.29. The number of benzene rings is 2. The summed E-state index contributed by atoms with van der Waals surface area (Å²) in [7, 11) is 0. The maximum Gasteiger partial charge on any atom is 0.337 e. The van der Waals surface area contributed by atoms with Gasteiger partial charge in [0.1, 0.15) is 0 Å². The Labute approximate surface area is 186 Å². The molecule has 0 radical (unpaired) electrons. The number of imidazole rings is 1. The van der Waals surface area contributed by atoms with Crippen molar-refractivity contribution in [3.63, 3.8) is 0 Å². The van der Waals surface area contributed by atoms with E-state index in [4.69, 9.17) is 0 Å². The second kappa shape index (κ2) is 8.26. The first-order valence-electron chi connectivity index (χ1n) is 11.4. The molecular formula is C26H28N4O2. The van der Waals surface area contributed by atoms with E-state index >= 15 is 0 Å². The van der Waals surface area contributed by atoms with Gasteiger partial charge in [0.05, 0.1) is 12.0 Å². The molecule has 32 heavy (non-hydrogen) atoms. The van der Waals surface area contributed by atoms with Crippen LogP contribution in [0.25, 0.3) is 16.9 Å². The lowest BCUT2D eigenvalue weighted by Gasteiger charge is -2.14. The fraction of sp³-hybridized carbons (Fsp3) is 0.346. The maximum absolute atomic E-state index is 13.6. The zero-order valence-corrected chi connectivity index (χ0v) is 18.6. The van der Waals surface area contributed by atoms with Crippen LogP contribution < -0.4 is 11.2 Å². The van der Waals surface area contributed by atoms with Crippen molar-refractivity contribution >= 4 is 11.2 Å². The summed E-state index contributed by atoms with van der Waals surface area (Å²) < 4.78 is 4.90. The predicted molar refractivity (Wildman–Crippen MR) is 127 cm³/mol. The summed E-state index contributed by atoms with van der Waals surface area (Å²) >= 11 is 0. The summed E-state index contributed by atoms with van der Waals surface area (Å²) in [5, 5.41) is 0. The highest BCUT2D eigenvalue weighted by atomic mass is 16.2. The summed E-state index contributed by atoms with van der Waals surface area (Å²) in [6.45, 7) is 5.39. The van der Waals surface area contributed by atoms with Crippen molar-refractivity contribution in [1.82, 2.24) is 18.7 Å². The SMILES string of the molecule is CC(C)c1ccc(-n2c(=O)n(CCc3ccccc3)c(=O)c3c2ncn3CC2CC2)cc1. The van der Waals surface area contributed by atoms with Gasteiger partial charge in [0.15, 0.2) is 11.2 Å². The number of fused-ring (bicyclic) bond motifs is 1. The summed E-state index contributed by atoms with van der Waals surface area (Å²) in [6.07, 6.45) is 4.69. The van der Waals surface area contributed by atoms with Crippen LogP contribution >= 0.6 is 0 Å². The van der Waals surface area contributed by atoms with E-state index < -0.39 is 0 Å². The molecule has 1 aliphatic carbocycles. The molecule has 0 bridgehead atoms. The van der Waals surface area contributed by atoms with Gasteiger partial charge in [0.2, 0.25) is 0 Å². The van der Waals surface area contributed by atoms with E-state index in [9.17, 15) is 9.59 Å². The standard InChI is InChI=1S/C26H28N4O2/c1-18(2)21-10-12-22(13-11-21)30-24-23(28(17-27-24)16-20-8-9-20)25(31)29(26(30)32)15-14-19-6-4-3-5-7-19/h3-7,10-13,17-18,20H,8-9,14-16H2,1-2H3. The highest BCUT2D eigenvalue weighted by Crippen LogP contribution is 2.31. The first-order chi connectivity index (χ1) is 15.5. The van der Waals surface area contributed by atoms with Crippen molar-refractivity contribution in [2.45, 2.75) is 52.1 Å². The van der Waals surface area contributed by atoms with Gasteiger partial charge in [-0.3, -0.25) is 9.36 Å². The molecule has 1 aliphatic rings. The lowest BCUT2D eigenvalue weighted by Crippen LogP contribution is -2.40. The van der Waals surface area contributed by atoms with E-state index in [2.05, 4.69) is 18.8 Å². The minimum atomic E-state index is -0.340. The molecule has 2 aromatic heterocycles. The van der Waals surface area contributed by atoms with E-state index in [0.29, 0.717) is 36.0 Å². The molecule has 2 aromatic carbocycles. The van der Waals surface area contributed by atoms with Crippen LogP contribution in [-0.2, 0) is 19.5 Å². The quantitative estimate of drug-likeness (QED) is 0.445. The van der Waals surface area contributed by atoms with Gasteiger partial charge >= 0.3 is 5.69 Å². The smallest absolute Gasteiger partial charge is 0.324 e. The van der Waals surface area contributed by atoms with Crippen LogP contribution in [-0.4, -0.2) is 18.7 Å². The number of aromatic nitrogens is 4. The molecule has 6 heteroatoms. The second-order valence-electron chi connectivity index (χ2n) is 9.07. The van der Waals surface area contributed by atoms with Crippen molar-refractivity contribution in [3.8, 4) is 5.69 Å². The summed E-state index contributed by atoms with van der Waals surface area (Å²) in [5.41, 5.74) is 3.38. The molecule has 164 valence electrons. The highest BCUT2D eigenvalue weighted by Gasteiger charge is 2.25. The van der Waals surface area contributed by atoms with Crippen LogP contribution in [0.4, 0.5) is 0 Å². The minimum absolute atomic E-state index is 0.255. The van der Waals surface area contributed by atoms with Crippen LogP contribution in [0, 0.1) is 5.92 Å². The zero-order valence-electron chi connectivity index (χ0n) is 18.6. The average molecular weight is 429 g/mol. The monoisotopic (exact) mass is 428 g/mol. The Hall–Kier alpha value is -3.41. The number of nitrogens with zero attached hydrogens (tertiary/aromatic N) is 4. The molecule has 4 aromatic rings. The van der Waals surface area contributed by atoms with Gasteiger partial charge in [-0.05, 0) is 54.4 Å². The van der Waals surface area contributed by atoms with Gasteiger partial charge in [-0.2, -0.15) is 0 Å². The normalized spacial score (nSPS) is 13.8. The third-order valence-electron chi connectivity index (χ3n) is 6.34. The molecule has 6 nitrogen and oxygen atoms in total. The Balaban J connectivity index is 1.66. The fourth-order valence-corrected chi connectivity index (χ4v) is 4.22. The average Bonchev–Trinajstić information content (AvgIpc) is 3.52. The Bertz CT molecular complexity index is 1360. The van der Waals surface area contributed by atoms with Gasteiger partial charge < -0.3 is 4.57 Å². The summed E-state index contributed by atoms with van der Waals surface area (Å²) in [5.74, 6) is 0.994. The molecule has 1 saturated carbocycles. The lowest BCUT2D eigenvalue weighted by molar-refractivity contribution is 0.605. The largest absolute Gasteiger partial charge is 0.337 e. The van der Waals surface area contributed by atoms with Crippen molar-refractivity contribution in [1.29, 1.82) is 0 Å². The third-order valence-corrected chi connectivity index (χ3v) is 6.34. The number of rotatable bonds is 7. The second-order valence-corrected chi connectivity index (χ2v) is 9.07. The Morgan fingerprint density at radius 1 is 1.00 bits per heavy atom. The van der Waals surface area contributed by atoms with Gasteiger partial charge in [-0.1, -0.05) is 56.3 Å². The van der Waals surface area contributed by atoms with E-state index in [1.54, 1.807) is 10.9 Å². The molecule has 2 heterocycles. The van der Waals surface area contributed by atoms with Crippen molar-refractivity contribution < 1.29 is 0 Å². The van der Waals surface area contributed by atoms with Crippen LogP contribution in [0.15, 0.2) is 70.5 Å². The molecule has 0 aliphatic heterocycles. The summed E-state index contributed by atoms with van der Waals surface area (Å²) in [6, 6.07) is 17.9. The van der Waals surface area contributed by atoms with E-state index in [1.807, 2.05) is 59.2 Å². The van der Waals surface area contributed by atoms with Crippen LogP contribution in [0.1, 0.15) is 43.7 Å². The molecule has 0 atom stereocenters.